The highest BCUT2D eigenvalue weighted by atomic mass is 15.0. The summed E-state index contributed by atoms with van der Waals surface area (Å²) in [6, 6.07) is 8.89. The largest absolute Gasteiger partial charge is 0.341 e. The predicted octanol–water partition coefficient (Wildman–Crippen LogP) is 3.87. The van der Waals surface area contributed by atoms with Crippen LogP contribution in [0.1, 0.15) is 45.4 Å². The van der Waals surface area contributed by atoms with E-state index in [1.807, 2.05) is 12.1 Å². The van der Waals surface area contributed by atoms with Crippen LogP contribution in [0.5, 0.6) is 0 Å². The van der Waals surface area contributed by atoms with Crippen molar-refractivity contribution in [2.45, 2.75) is 52.1 Å². The first kappa shape index (κ1) is 13.6. The first-order chi connectivity index (χ1) is 9.72. The van der Waals surface area contributed by atoms with E-state index >= 15 is 0 Å². The third-order valence-corrected chi connectivity index (χ3v) is 4.71. The van der Waals surface area contributed by atoms with Gasteiger partial charge in [0.05, 0.1) is 17.6 Å². The number of fused-ring (bicyclic) bond motifs is 1. The average molecular weight is 271 g/mol. The van der Waals surface area contributed by atoms with Gasteiger partial charge >= 0.3 is 0 Å². The topological polar surface area (TPSA) is 40.7 Å². The standard InChI is InChI=1S/C17H25N3/c1-12(2)13-7-9-14(10-8-13)18-11-17-19-15-5-3-4-6-16(15)20-17/h3-6,12-14,18H,7-11H2,1-2H3,(H,19,20). The summed E-state index contributed by atoms with van der Waals surface area (Å²) in [7, 11) is 0. The second kappa shape index (κ2) is 5.96. The van der Waals surface area contributed by atoms with Crippen LogP contribution in [0.25, 0.3) is 11.0 Å². The van der Waals surface area contributed by atoms with Gasteiger partial charge in [-0.2, -0.15) is 0 Å². The van der Waals surface area contributed by atoms with E-state index in [9.17, 15) is 0 Å². The zero-order valence-electron chi connectivity index (χ0n) is 12.5. The van der Waals surface area contributed by atoms with Crippen molar-refractivity contribution in [2.75, 3.05) is 0 Å². The van der Waals surface area contributed by atoms with E-state index in [0.29, 0.717) is 6.04 Å². The summed E-state index contributed by atoms with van der Waals surface area (Å²) in [5, 5.41) is 3.66. The van der Waals surface area contributed by atoms with Gasteiger partial charge in [-0.15, -0.1) is 0 Å². The summed E-state index contributed by atoms with van der Waals surface area (Å²) in [5.74, 6) is 2.82. The number of benzene rings is 1. The minimum atomic E-state index is 0.665. The Morgan fingerprint density at radius 1 is 1.20 bits per heavy atom. The van der Waals surface area contributed by atoms with Crippen molar-refractivity contribution < 1.29 is 0 Å². The summed E-state index contributed by atoms with van der Waals surface area (Å²) in [6.45, 7) is 5.56. The smallest absolute Gasteiger partial charge is 0.121 e. The summed E-state index contributed by atoms with van der Waals surface area (Å²) < 4.78 is 0. The van der Waals surface area contributed by atoms with Gasteiger partial charge in [-0.3, -0.25) is 0 Å². The Kier molecular flexibility index (Phi) is 4.06. The van der Waals surface area contributed by atoms with Gasteiger partial charge in [0.15, 0.2) is 0 Å². The van der Waals surface area contributed by atoms with Gasteiger partial charge < -0.3 is 10.3 Å². The summed E-state index contributed by atoms with van der Waals surface area (Å²) in [5.41, 5.74) is 2.20. The molecule has 1 aromatic carbocycles. The van der Waals surface area contributed by atoms with Crippen LogP contribution < -0.4 is 5.32 Å². The molecule has 1 aliphatic rings. The first-order valence-electron chi connectivity index (χ1n) is 7.89. The maximum atomic E-state index is 4.62. The fourth-order valence-corrected chi connectivity index (χ4v) is 3.32. The normalized spacial score (nSPS) is 23.6. The van der Waals surface area contributed by atoms with Gasteiger partial charge in [0, 0.05) is 6.04 Å². The second-order valence-electron chi connectivity index (χ2n) is 6.44. The Hall–Kier alpha value is -1.35. The average Bonchev–Trinajstić information content (AvgIpc) is 2.88. The number of aromatic amines is 1. The zero-order chi connectivity index (χ0) is 13.9. The Morgan fingerprint density at radius 2 is 1.95 bits per heavy atom. The molecule has 1 aliphatic carbocycles. The van der Waals surface area contributed by atoms with E-state index in [1.54, 1.807) is 0 Å². The molecular weight excluding hydrogens is 246 g/mol. The number of nitrogens with zero attached hydrogens (tertiary/aromatic N) is 1. The highest BCUT2D eigenvalue weighted by molar-refractivity contribution is 5.74. The number of rotatable bonds is 4. The van der Waals surface area contributed by atoms with Crippen molar-refractivity contribution in [3.05, 3.63) is 30.1 Å². The minimum Gasteiger partial charge on any atom is -0.341 e. The predicted molar refractivity (Wildman–Crippen MR) is 83.5 cm³/mol. The van der Waals surface area contributed by atoms with Crippen molar-refractivity contribution in [1.29, 1.82) is 0 Å². The lowest BCUT2D eigenvalue weighted by Gasteiger charge is -2.31. The van der Waals surface area contributed by atoms with Crippen molar-refractivity contribution in [3.8, 4) is 0 Å². The van der Waals surface area contributed by atoms with E-state index in [4.69, 9.17) is 0 Å². The van der Waals surface area contributed by atoms with Gasteiger partial charge in [0.1, 0.15) is 5.82 Å². The van der Waals surface area contributed by atoms with Crippen LogP contribution in [0.15, 0.2) is 24.3 Å². The molecule has 1 saturated carbocycles. The molecule has 0 bridgehead atoms. The molecule has 3 heteroatoms. The maximum absolute atomic E-state index is 4.62. The van der Waals surface area contributed by atoms with Crippen molar-refractivity contribution in [1.82, 2.24) is 15.3 Å². The molecule has 0 aliphatic heterocycles. The third-order valence-electron chi connectivity index (χ3n) is 4.71. The lowest BCUT2D eigenvalue weighted by atomic mass is 9.80. The second-order valence-corrected chi connectivity index (χ2v) is 6.44. The highest BCUT2D eigenvalue weighted by Crippen LogP contribution is 2.29. The van der Waals surface area contributed by atoms with Crippen molar-refractivity contribution in [2.24, 2.45) is 11.8 Å². The molecule has 3 nitrogen and oxygen atoms in total. The molecule has 0 atom stereocenters. The number of hydrogen-bond donors (Lipinski definition) is 2. The first-order valence-corrected chi connectivity index (χ1v) is 7.89. The molecule has 0 unspecified atom stereocenters. The van der Waals surface area contributed by atoms with Crippen LogP contribution in [-0.2, 0) is 6.54 Å². The molecule has 0 spiro atoms. The van der Waals surface area contributed by atoms with Gasteiger partial charge in [-0.05, 0) is 49.7 Å². The molecule has 3 rings (SSSR count). The summed E-state index contributed by atoms with van der Waals surface area (Å²) >= 11 is 0. The van der Waals surface area contributed by atoms with E-state index in [1.165, 1.54) is 25.7 Å². The molecule has 0 saturated heterocycles. The SMILES string of the molecule is CC(C)C1CCC(NCc2nc3ccccc3[nH]2)CC1. The Morgan fingerprint density at radius 3 is 2.65 bits per heavy atom. The van der Waals surface area contributed by atoms with Gasteiger partial charge in [0.25, 0.3) is 0 Å². The minimum absolute atomic E-state index is 0.665. The zero-order valence-corrected chi connectivity index (χ0v) is 12.5. The summed E-state index contributed by atoms with van der Waals surface area (Å²) in [4.78, 5) is 8.01. The Bertz CT molecular complexity index is 517. The molecular formula is C17H25N3. The number of H-pyrrole nitrogens is 1. The monoisotopic (exact) mass is 271 g/mol. The van der Waals surface area contributed by atoms with Crippen molar-refractivity contribution >= 4 is 11.0 Å². The Balaban J connectivity index is 1.52. The van der Waals surface area contributed by atoms with Crippen LogP contribution in [0, 0.1) is 11.8 Å². The fourth-order valence-electron chi connectivity index (χ4n) is 3.32. The lowest BCUT2D eigenvalue weighted by molar-refractivity contribution is 0.237. The Labute approximate surface area is 121 Å². The highest BCUT2D eigenvalue weighted by Gasteiger charge is 2.22. The van der Waals surface area contributed by atoms with E-state index in [0.717, 1.165) is 35.2 Å². The molecule has 1 aromatic heterocycles. The number of para-hydroxylation sites is 2. The van der Waals surface area contributed by atoms with Crippen LogP contribution in [-0.4, -0.2) is 16.0 Å². The van der Waals surface area contributed by atoms with Gasteiger partial charge in [-0.25, -0.2) is 4.98 Å². The summed E-state index contributed by atoms with van der Waals surface area (Å²) in [6.07, 6.45) is 5.36. The van der Waals surface area contributed by atoms with Crippen LogP contribution in [0.2, 0.25) is 0 Å². The molecule has 20 heavy (non-hydrogen) atoms. The fraction of sp³-hybridized carbons (Fsp3) is 0.588. The van der Waals surface area contributed by atoms with Gasteiger partial charge in [-0.1, -0.05) is 26.0 Å². The quantitative estimate of drug-likeness (QED) is 0.886. The molecule has 2 aromatic rings. The van der Waals surface area contributed by atoms with Crippen LogP contribution >= 0.6 is 0 Å². The third kappa shape index (κ3) is 3.04. The maximum Gasteiger partial charge on any atom is 0.121 e. The molecule has 2 N–H and O–H groups in total. The van der Waals surface area contributed by atoms with E-state index in [2.05, 4.69) is 41.3 Å². The molecule has 1 fully saturated rings. The van der Waals surface area contributed by atoms with Crippen LogP contribution in [0.4, 0.5) is 0 Å². The van der Waals surface area contributed by atoms with Crippen LogP contribution in [0.3, 0.4) is 0 Å². The molecule has 1 heterocycles. The van der Waals surface area contributed by atoms with Crippen molar-refractivity contribution in [3.63, 3.8) is 0 Å². The molecule has 0 amide bonds. The lowest BCUT2D eigenvalue weighted by Crippen LogP contribution is -2.34. The molecule has 0 radical (unpaired) electrons. The van der Waals surface area contributed by atoms with E-state index < -0.39 is 0 Å². The number of imidazole rings is 1. The number of hydrogen-bond acceptors (Lipinski definition) is 2. The van der Waals surface area contributed by atoms with Gasteiger partial charge in [0.2, 0.25) is 0 Å². The number of aromatic nitrogens is 2. The molecule has 108 valence electrons. The van der Waals surface area contributed by atoms with E-state index in [-0.39, 0.29) is 0 Å². The number of nitrogens with one attached hydrogen (secondary N) is 2.